The van der Waals surface area contributed by atoms with Gasteiger partial charge in [-0.2, -0.15) is 0 Å². The number of rotatable bonds is 3. The summed E-state index contributed by atoms with van der Waals surface area (Å²) in [7, 11) is 3.31. The minimum absolute atomic E-state index is 0.450. The summed E-state index contributed by atoms with van der Waals surface area (Å²) in [6, 6.07) is 11.8. The molecule has 0 spiro atoms. The second kappa shape index (κ2) is 4.51. The first-order valence-corrected chi connectivity index (χ1v) is 6.27. The van der Waals surface area contributed by atoms with E-state index in [9.17, 15) is 5.11 Å². The van der Waals surface area contributed by atoms with Gasteiger partial charge in [-0.25, -0.2) is 0 Å². The van der Waals surface area contributed by atoms with Crippen molar-refractivity contribution in [2.45, 2.75) is 19.4 Å². The summed E-state index contributed by atoms with van der Waals surface area (Å²) >= 11 is 0. The van der Waals surface area contributed by atoms with Crippen LogP contribution < -0.4 is 4.74 Å². The summed E-state index contributed by atoms with van der Waals surface area (Å²) < 4.78 is 5.52. The quantitative estimate of drug-likeness (QED) is 0.840. The Morgan fingerprint density at radius 2 is 1.76 bits per heavy atom. The Kier molecular flexibility index (Phi) is 3.22. The third-order valence-electron chi connectivity index (χ3n) is 2.77. The van der Waals surface area contributed by atoms with E-state index in [1.165, 1.54) is 0 Å². The number of benzene rings is 2. The number of ether oxygens (including phenoxy) is 1. The van der Waals surface area contributed by atoms with E-state index in [2.05, 4.69) is 10.2 Å². The van der Waals surface area contributed by atoms with Gasteiger partial charge in [0, 0.05) is 5.39 Å². The average molecular weight is 243 g/mol. The molecule has 1 N–H and O–H groups in total. The van der Waals surface area contributed by atoms with Crippen LogP contribution in [0.15, 0.2) is 36.4 Å². The molecule has 0 bridgehead atoms. The van der Waals surface area contributed by atoms with E-state index >= 15 is 0 Å². The first-order valence-electron chi connectivity index (χ1n) is 5.56. The zero-order valence-electron chi connectivity index (χ0n) is 10.0. The molecule has 2 rings (SSSR count). The molecule has 0 aliphatic heterocycles. The van der Waals surface area contributed by atoms with Gasteiger partial charge in [0.15, 0.2) is 0 Å². The Balaban J connectivity index is 2.70. The lowest BCUT2D eigenvalue weighted by atomic mass is 9.92. The molecule has 0 aromatic heterocycles. The van der Waals surface area contributed by atoms with Crippen LogP contribution in [0.4, 0.5) is 0 Å². The molecular weight excluding hydrogens is 228 g/mol. The van der Waals surface area contributed by atoms with Crippen molar-refractivity contribution < 1.29 is 9.84 Å². The number of fused-ring (bicyclic) bond motifs is 1. The fourth-order valence-corrected chi connectivity index (χ4v) is 2.17. The molecule has 0 amide bonds. The Bertz CT molecular complexity index is 529. The lowest BCUT2D eigenvalue weighted by molar-refractivity contribution is 0.0802. The van der Waals surface area contributed by atoms with E-state index in [-0.39, 0.29) is 0 Å². The van der Waals surface area contributed by atoms with E-state index in [1.54, 1.807) is 13.8 Å². The van der Waals surface area contributed by atoms with Crippen LogP contribution in [0.25, 0.3) is 10.8 Å². The average Bonchev–Trinajstić information content (AvgIpc) is 2.28. The maximum absolute atomic E-state index is 10.2. The van der Waals surface area contributed by atoms with Crippen molar-refractivity contribution in [2.75, 3.05) is 6.23 Å². The standard InChI is InChI=1S/C14H15O2Si/c1-14(2,15)12-7-3-6-11-10(12)5-4-8-13(11)16-9-17/h3-8,15H,9H2,1-2H3. The first kappa shape index (κ1) is 12.1. The minimum atomic E-state index is -0.855. The van der Waals surface area contributed by atoms with Crippen LogP contribution >= 0.6 is 0 Å². The van der Waals surface area contributed by atoms with Crippen molar-refractivity contribution in [3.63, 3.8) is 0 Å². The molecule has 2 aromatic rings. The highest BCUT2D eigenvalue weighted by Gasteiger charge is 2.19. The van der Waals surface area contributed by atoms with Crippen molar-refractivity contribution in [3.05, 3.63) is 42.0 Å². The van der Waals surface area contributed by atoms with Gasteiger partial charge in [-0.05, 0) is 30.9 Å². The lowest BCUT2D eigenvalue weighted by Gasteiger charge is -2.20. The lowest BCUT2D eigenvalue weighted by Crippen LogP contribution is -2.15. The third-order valence-corrected chi connectivity index (χ3v) is 2.91. The zero-order valence-corrected chi connectivity index (χ0v) is 11.0. The molecule has 0 fully saturated rings. The van der Waals surface area contributed by atoms with Gasteiger partial charge in [0.1, 0.15) is 5.75 Å². The Morgan fingerprint density at radius 1 is 1.12 bits per heavy atom. The Hall–Kier alpha value is -1.32. The van der Waals surface area contributed by atoms with E-state index in [1.807, 2.05) is 36.4 Å². The second-order valence-electron chi connectivity index (χ2n) is 4.50. The molecule has 0 heterocycles. The van der Waals surface area contributed by atoms with E-state index in [4.69, 9.17) is 4.74 Å². The van der Waals surface area contributed by atoms with E-state index in [0.29, 0.717) is 6.23 Å². The van der Waals surface area contributed by atoms with Crippen LogP contribution in [0.1, 0.15) is 19.4 Å². The summed E-state index contributed by atoms with van der Waals surface area (Å²) in [5.74, 6) is 0.823. The molecule has 2 nitrogen and oxygen atoms in total. The van der Waals surface area contributed by atoms with E-state index < -0.39 is 5.60 Å². The van der Waals surface area contributed by atoms with Gasteiger partial charge in [-0.1, -0.05) is 30.3 Å². The number of hydrogen-bond donors (Lipinski definition) is 1. The summed E-state index contributed by atoms with van der Waals surface area (Å²) in [6.07, 6.45) is 0.450. The normalized spacial score (nSPS) is 11.8. The molecule has 3 heteroatoms. The number of aliphatic hydroxyl groups is 1. The van der Waals surface area contributed by atoms with Crippen LogP contribution in [0.3, 0.4) is 0 Å². The van der Waals surface area contributed by atoms with Gasteiger partial charge < -0.3 is 9.84 Å². The van der Waals surface area contributed by atoms with Crippen LogP contribution in [-0.2, 0) is 5.60 Å². The highest BCUT2D eigenvalue weighted by molar-refractivity contribution is 6.08. The van der Waals surface area contributed by atoms with Gasteiger partial charge in [0.05, 0.1) is 22.1 Å². The fourth-order valence-electron chi connectivity index (χ4n) is 2.02. The monoisotopic (exact) mass is 243 g/mol. The van der Waals surface area contributed by atoms with Gasteiger partial charge in [0.25, 0.3) is 0 Å². The summed E-state index contributed by atoms with van der Waals surface area (Å²) in [5.41, 5.74) is 0.0564. The van der Waals surface area contributed by atoms with Crippen LogP contribution in [-0.4, -0.2) is 21.6 Å². The first-order chi connectivity index (χ1) is 8.04. The maximum atomic E-state index is 10.2. The molecule has 0 atom stereocenters. The van der Waals surface area contributed by atoms with Gasteiger partial charge in [-0.15, -0.1) is 0 Å². The molecule has 2 aromatic carbocycles. The van der Waals surface area contributed by atoms with Crippen molar-refractivity contribution in [1.82, 2.24) is 0 Å². The molecule has 0 aliphatic rings. The Labute approximate surface area is 105 Å². The largest absolute Gasteiger partial charge is 0.497 e. The van der Waals surface area contributed by atoms with Crippen molar-refractivity contribution >= 4 is 21.0 Å². The third kappa shape index (κ3) is 2.35. The highest BCUT2D eigenvalue weighted by atomic mass is 28.1. The molecular formula is C14H15O2Si. The molecule has 0 saturated heterocycles. The summed E-state index contributed by atoms with van der Waals surface area (Å²) in [5, 5.41) is 12.2. The van der Waals surface area contributed by atoms with Crippen molar-refractivity contribution in [2.24, 2.45) is 0 Å². The highest BCUT2D eigenvalue weighted by Crippen LogP contribution is 2.32. The van der Waals surface area contributed by atoms with Crippen molar-refractivity contribution in [1.29, 1.82) is 0 Å². The second-order valence-corrected chi connectivity index (χ2v) is 4.79. The predicted molar refractivity (Wildman–Crippen MR) is 70.4 cm³/mol. The maximum Gasteiger partial charge on any atom is 0.126 e. The zero-order chi connectivity index (χ0) is 12.5. The fraction of sp³-hybridized carbons (Fsp3) is 0.286. The van der Waals surface area contributed by atoms with Gasteiger partial charge >= 0.3 is 0 Å². The van der Waals surface area contributed by atoms with Crippen LogP contribution in [0.2, 0.25) is 0 Å². The smallest absolute Gasteiger partial charge is 0.126 e. The Morgan fingerprint density at radius 3 is 2.41 bits per heavy atom. The summed E-state index contributed by atoms with van der Waals surface area (Å²) in [4.78, 5) is 0. The predicted octanol–water partition coefficient (Wildman–Crippen LogP) is 2.57. The van der Waals surface area contributed by atoms with Crippen molar-refractivity contribution in [3.8, 4) is 5.75 Å². The van der Waals surface area contributed by atoms with Crippen LogP contribution in [0.5, 0.6) is 5.75 Å². The topological polar surface area (TPSA) is 29.5 Å². The minimum Gasteiger partial charge on any atom is -0.497 e. The molecule has 17 heavy (non-hydrogen) atoms. The molecule has 0 unspecified atom stereocenters. The number of hydrogen-bond acceptors (Lipinski definition) is 2. The molecule has 0 aliphatic carbocycles. The van der Waals surface area contributed by atoms with Crippen LogP contribution in [0, 0.1) is 0 Å². The SMILES string of the molecule is CC(C)(O)c1cccc2c(OC[Si])cccc12. The van der Waals surface area contributed by atoms with E-state index in [0.717, 1.165) is 22.1 Å². The molecule has 87 valence electrons. The van der Waals surface area contributed by atoms with Gasteiger partial charge in [-0.3, -0.25) is 0 Å². The summed E-state index contributed by atoms with van der Waals surface area (Å²) in [6.45, 7) is 3.58. The van der Waals surface area contributed by atoms with Gasteiger partial charge in [0.2, 0.25) is 0 Å². The molecule has 0 saturated carbocycles. The molecule has 3 radical (unpaired) electrons.